The molecule has 0 unspecified atom stereocenters. The predicted molar refractivity (Wildman–Crippen MR) is 69.0 cm³/mol. The van der Waals surface area contributed by atoms with Crippen molar-refractivity contribution in [2.45, 2.75) is 45.4 Å². The molecule has 100 valence electrons. The summed E-state index contributed by atoms with van der Waals surface area (Å²) in [6, 6.07) is 0. The van der Waals surface area contributed by atoms with Crippen LogP contribution < -0.4 is 0 Å². The largest absolute Gasteiger partial charge is 0.468 e. The number of carbonyl (C=O) groups is 2. The smallest absolute Gasteiger partial charge is 0.320 e. The van der Waals surface area contributed by atoms with E-state index in [2.05, 4.69) is 19.1 Å². The van der Waals surface area contributed by atoms with E-state index in [0.717, 1.165) is 12.8 Å². The zero-order valence-electron chi connectivity index (χ0n) is 11.3. The Morgan fingerprint density at radius 2 is 2.28 bits per heavy atom. The number of fused-ring (bicyclic) bond motifs is 1. The lowest BCUT2D eigenvalue weighted by Gasteiger charge is -2.09. The summed E-state index contributed by atoms with van der Waals surface area (Å²) in [7, 11) is 1.38. The van der Waals surface area contributed by atoms with Gasteiger partial charge in [-0.2, -0.15) is 0 Å². The van der Waals surface area contributed by atoms with Crippen LogP contribution >= 0.6 is 0 Å². The number of allylic oxidation sites excluding steroid dienone is 2. The van der Waals surface area contributed by atoms with Gasteiger partial charge in [0.1, 0.15) is 5.41 Å². The lowest BCUT2D eigenvalue weighted by Crippen LogP contribution is -2.27. The molecule has 0 radical (unpaired) electrons. The summed E-state index contributed by atoms with van der Waals surface area (Å²) >= 11 is 0. The van der Waals surface area contributed by atoms with Gasteiger partial charge in [-0.15, -0.1) is 0 Å². The van der Waals surface area contributed by atoms with Gasteiger partial charge in [-0.3, -0.25) is 9.59 Å². The van der Waals surface area contributed by atoms with Gasteiger partial charge >= 0.3 is 5.97 Å². The predicted octanol–water partition coefficient (Wildman–Crippen LogP) is 2.89. The number of carbonyl (C=O) groups excluding carboxylic acids is 2. The van der Waals surface area contributed by atoms with E-state index in [0.29, 0.717) is 6.42 Å². The number of ether oxygens (including phenoxy) is 1. The van der Waals surface area contributed by atoms with Gasteiger partial charge in [-0.05, 0) is 25.2 Å². The maximum Gasteiger partial charge on any atom is 0.320 e. The van der Waals surface area contributed by atoms with Crippen LogP contribution in [0.2, 0.25) is 0 Å². The van der Waals surface area contributed by atoms with E-state index in [-0.39, 0.29) is 23.6 Å². The van der Waals surface area contributed by atoms with Crippen LogP contribution in [0, 0.1) is 17.3 Å². The number of Topliss-reactive ketones (excluding diaryl/α,β-unsaturated/α-hetero) is 1. The average molecular weight is 250 g/mol. The molecule has 0 aromatic rings. The fraction of sp³-hybridized carbons (Fsp3) is 0.733. The zero-order chi connectivity index (χ0) is 13.2. The van der Waals surface area contributed by atoms with Crippen molar-refractivity contribution < 1.29 is 14.3 Å². The monoisotopic (exact) mass is 250 g/mol. The Balaban J connectivity index is 1.96. The Bertz CT molecular complexity index is 372. The molecule has 0 saturated heterocycles. The normalized spacial score (nSPS) is 33.8. The standard InChI is InChI=1S/C15H22O3/c1-3-4-5-6-7-8-11-12-9-10-13(16)15(11,12)14(17)18-2/h7-8,11-12H,3-6,9-10H2,1-2H3/b8-7+/t11-,12-,15-/m1/s1. The molecule has 2 fully saturated rings. The summed E-state index contributed by atoms with van der Waals surface area (Å²) in [5.74, 6) is 0.0773. The molecule has 3 atom stereocenters. The van der Waals surface area contributed by atoms with Crippen LogP contribution in [-0.2, 0) is 14.3 Å². The number of unbranched alkanes of at least 4 members (excludes halogenated alkanes) is 3. The van der Waals surface area contributed by atoms with Crippen molar-refractivity contribution in [1.82, 2.24) is 0 Å². The van der Waals surface area contributed by atoms with Crippen molar-refractivity contribution in [1.29, 1.82) is 0 Å². The highest BCUT2D eigenvalue weighted by Crippen LogP contribution is 2.67. The molecule has 3 nitrogen and oxygen atoms in total. The number of ketones is 1. The van der Waals surface area contributed by atoms with Crippen LogP contribution in [0.5, 0.6) is 0 Å². The molecule has 0 aromatic heterocycles. The zero-order valence-corrected chi connectivity index (χ0v) is 11.3. The van der Waals surface area contributed by atoms with E-state index >= 15 is 0 Å². The molecule has 0 amide bonds. The summed E-state index contributed by atoms with van der Waals surface area (Å²) < 4.78 is 4.83. The molecule has 18 heavy (non-hydrogen) atoms. The number of hydrogen-bond donors (Lipinski definition) is 0. The van der Waals surface area contributed by atoms with Gasteiger partial charge in [0.2, 0.25) is 0 Å². The third kappa shape index (κ3) is 1.90. The molecule has 0 heterocycles. The lowest BCUT2D eigenvalue weighted by molar-refractivity contribution is -0.151. The van der Waals surface area contributed by atoms with E-state index in [1.807, 2.05) is 0 Å². The molecule has 0 N–H and O–H groups in total. The Kier molecular flexibility index (Phi) is 3.88. The average Bonchev–Trinajstić information content (AvgIpc) is 2.90. The summed E-state index contributed by atoms with van der Waals surface area (Å²) in [4.78, 5) is 23.8. The Labute approximate surface area is 109 Å². The molecule has 2 rings (SSSR count). The van der Waals surface area contributed by atoms with Gasteiger partial charge in [0, 0.05) is 12.3 Å². The van der Waals surface area contributed by atoms with Crippen molar-refractivity contribution in [2.24, 2.45) is 17.3 Å². The first-order valence-corrected chi connectivity index (χ1v) is 6.98. The first-order chi connectivity index (χ1) is 8.69. The Hall–Kier alpha value is -1.12. The second kappa shape index (κ2) is 5.25. The molecule has 0 bridgehead atoms. The minimum Gasteiger partial charge on any atom is -0.468 e. The third-order valence-electron chi connectivity index (χ3n) is 4.42. The second-order valence-corrected chi connectivity index (χ2v) is 5.38. The fourth-order valence-electron chi connectivity index (χ4n) is 3.39. The van der Waals surface area contributed by atoms with Crippen LogP contribution in [0.1, 0.15) is 45.4 Å². The highest BCUT2D eigenvalue weighted by molar-refractivity contribution is 6.10. The van der Waals surface area contributed by atoms with E-state index in [4.69, 9.17) is 4.74 Å². The number of hydrogen-bond acceptors (Lipinski definition) is 3. The maximum absolute atomic E-state index is 11.9. The van der Waals surface area contributed by atoms with E-state index in [1.54, 1.807) is 0 Å². The Morgan fingerprint density at radius 3 is 2.94 bits per heavy atom. The molecular formula is C15H22O3. The van der Waals surface area contributed by atoms with E-state index in [9.17, 15) is 9.59 Å². The molecule has 2 saturated carbocycles. The van der Waals surface area contributed by atoms with Gasteiger partial charge in [0.15, 0.2) is 5.78 Å². The topological polar surface area (TPSA) is 43.4 Å². The minimum atomic E-state index is -0.796. The molecule has 0 spiro atoms. The molecule has 0 aliphatic heterocycles. The fourth-order valence-corrected chi connectivity index (χ4v) is 3.39. The van der Waals surface area contributed by atoms with E-state index in [1.165, 1.54) is 26.4 Å². The molecule has 2 aliphatic rings. The number of methoxy groups -OCH3 is 1. The van der Waals surface area contributed by atoms with Crippen LogP contribution in [0.15, 0.2) is 12.2 Å². The van der Waals surface area contributed by atoms with Crippen LogP contribution in [-0.4, -0.2) is 18.9 Å². The quantitative estimate of drug-likeness (QED) is 0.315. The van der Waals surface area contributed by atoms with Crippen molar-refractivity contribution in [3.63, 3.8) is 0 Å². The SMILES string of the molecule is CCCCC/C=C/[C@@H]1[C@H]2CCC(=O)[C@@]12C(=O)OC. The van der Waals surface area contributed by atoms with Crippen molar-refractivity contribution in [2.75, 3.05) is 7.11 Å². The van der Waals surface area contributed by atoms with Crippen LogP contribution in [0.4, 0.5) is 0 Å². The van der Waals surface area contributed by atoms with Gasteiger partial charge in [0.25, 0.3) is 0 Å². The van der Waals surface area contributed by atoms with Gasteiger partial charge in [-0.25, -0.2) is 0 Å². The van der Waals surface area contributed by atoms with E-state index < -0.39 is 5.41 Å². The van der Waals surface area contributed by atoms with Gasteiger partial charge in [0.05, 0.1) is 7.11 Å². The molecule has 2 aliphatic carbocycles. The van der Waals surface area contributed by atoms with Gasteiger partial charge < -0.3 is 4.74 Å². The van der Waals surface area contributed by atoms with Crippen LogP contribution in [0.25, 0.3) is 0 Å². The highest BCUT2D eigenvalue weighted by Gasteiger charge is 2.76. The van der Waals surface area contributed by atoms with Crippen LogP contribution in [0.3, 0.4) is 0 Å². The highest BCUT2D eigenvalue weighted by atomic mass is 16.5. The van der Waals surface area contributed by atoms with Crippen molar-refractivity contribution in [3.8, 4) is 0 Å². The van der Waals surface area contributed by atoms with Gasteiger partial charge in [-0.1, -0.05) is 31.9 Å². The Morgan fingerprint density at radius 1 is 1.50 bits per heavy atom. The summed E-state index contributed by atoms with van der Waals surface area (Å²) in [5, 5.41) is 0. The first-order valence-electron chi connectivity index (χ1n) is 6.98. The summed E-state index contributed by atoms with van der Waals surface area (Å²) in [5.41, 5.74) is -0.796. The lowest BCUT2D eigenvalue weighted by atomic mass is 9.98. The van der Waals surface area contributed by atoms with Crippen molar-refractivity contribution >= 4 is 11.8 Å². The summed E-state index contributed by atoms with van der Waals surface area (Å²) in [6.45, 7) is 2.18. The molecule has 3 heteroatoms. The first kappa shape index (κ1) is 13.3. The number of esters is 1. The molecular weight excluding hydrogens is 228 g/mol. The third-order valence-corrected chi connectivity index (χ3v) is 4.42. The molecule has 0 aromatic carbocycles. The van der Waals surface area contributed by atoms with Crippen molar-refractivity contribution in [3.05, 3.63) is 12.2 Å². The summed E-state index contributed by atoms with van der Waals surface area (Å²) in [6.07, 6.45) is 10.3. The maximum atomic E-state index is 11.9. The minimum absolute atomic E-state index is 0.0857. The number of rotatable bonds is 6. The second-order valence-electron chi connectivity index (χ2n) is 5.38.